The number of ether oxygens (including phenoxy) is 2. The topological polar surface area (TPSA) is 38.8 Å². The summed E-state index contributed by atoms with van der Waals surface area (Å²) in [4.78, 5) is 13.2. The number of carbonyl (C=O) groups is 1. The van der Waals surface area contributed by atoms with Crippen LogP contribution in [0, 0.1) is 11.6 Å². The molecule has 178 valence electrons. The lowest BCUT2D eigenvalue weighted by molar-refractivity contribution is -0.193. The fourth-order valence-electron chi connectivity index (χ4n) is 4.37. The monoisotopic (exact) mass is 485 g/mol. The van der Waals surface area contributed by atoms with Gasteiger partial charge in [0.15, 0.2) is 0 Å². The van der Waals surface area contributed by atoms with Crippen LogP contribution in [0.25, 0.3) is 0 Å². The second-order valence-corrected chi connectivity index (χ2v) is 8.78. The highest BCUT2D eigenvalue weighted by molar-refractivity contribution is 6.30. The summed E-state index contributed by atoms with van der Waals surface area (Å²) < 4.78 is 41.4. The van der Waals surface area contributed by atoms with E-state index in [0.29, 0.717) is 31.1 Å². The summed E-state index contributed by atoms with van der Waals surface area (Å²) in [5.74, 6) is -1.33. The maximum atomic E-state index is 14.3. The molecule has 7 heteroatoms. The number of benzene rings is 3. The molecule has 0 amide bonds. The number of nitrogens with zero attached hydrogens (tertiary/aromatic N) is 1. The molecule has 0 aliphatic carbocycles. The van der Waals surface area contributed by atoms with Crippen LogP contribution in [0.15, 0.2) is 72.8 Å². The van der Waals surface area contributed by atoms with Crippen molar-refractivity contribution in [3.63, 3.8) is 0 Å². The molecule has 0 bridgehead atoms. The summed E-state index contributed by atoms with van der Waals surface area (Å²) in [6.45, 7) is 1.27. The SMILES string of the molecule is O=CCN1CC[C@@](OCc2ccccc2)(c2ccc(Cl)cc2)[C@@H](OCc2c(F)cccc2F)C1. The second kappa shape index (κ2) is 11.2. The van der Waals surface area contributed by atoms with Crippen molar-refractivity contribution in [1.82, 2.24) is 4.90 Å². The third kappa shape index (κ3) is 5.53. The summed E-state index contributed by atoms with van der Waals surface area (Å²) in [5.41, 5.74) is 0.812. The first-order valence-corrected chi connectivity index (χ1v) is 11.5. The number of likely N-dealkylation sites (tertiary alicyclic amines) is 1. The first kappa shape index (κ1) is 24.5. The number of piperidine rings is 1. The van der Waals surface area contributed by atoms with Gasteiger partial charge in [-0.3, -0.25) is 4.90 Å². The first-order chi connectivity index (χ1) is 16.5. The molecule has 0 radical (unpaired) electrons. The summed E-state index contributed by atoms with van der Waals surface area (Å²) in [6, 6.07) is 20.9. The summed E-state index contributed by atoms with van der Waals surface area (Å²) in [6.07, 6.45) is 0.776. The van der Waals surface area contributed by atoms with E-state index in [-0.39, 0.29) is 18.7 Å². The van der Waals surface area contributed by atoms with Gasteiger partial charge in [-0.2, -0.15) is 0 Å². The zero-order chi connectivity index (χ0) is 24.0. The van der Waals surface area contributed by atoms with Crippen LogP contribution < -0.4 is 0 Å². The number of carbonyl (C=O) groups excluding carboxylic acids is 1. The quantitative estimate of drug-likeness (QED) is 0.374. The van der Waals surface area contributed by atoms with Crippen LogP contribution in [0.3, 0.4) is 0 Å². The lowest BCUT2D eigenvalue weighted by Gasteiger charge is -2.47. The van der Waals surface area contributed by atoms with Gasteiger partial charge in [0, 0.05) is 23.7 Å². The molecule has 3 aromatic carbocycles. The molecule has 1 aliphatic heterocycles. The van der Waals surface area contributed by atoms with Gasteiger partial charge in [-0.1, -0.05) is 60.1 Å². The van der Waals surface area contributed by atoms with Crippen molar-refractivity contribution in [1.29, 1.82) is 0 Å². The van der Waals surface area contributed by atoms with Gasteiger partial charge in [0.2, 0.25) is 0 Å². The number of hydrogen-bond acceptors (Lipinski definition) is 4. The van der Waals surface area contributed by atoms with Crippen LogP contribution in [-0.4, -0.2) is 36.9 Å². The minimum absolute atomic E-state index is 0.136. The molecule has 1 aliphatic rings. The largest absolute Gasteiger partial charge is 0.369 e. The number of rotatable bonds is 9. The molecule has 0 saturated carbocycles. The van der Waals surface area contributed by atoms with Gasteiger partial charge in [0.25, 0.3) is 0 Å². The third-order valence-corrected chi connectivity index (χ3v) is 6.49. The lowest BCUT2D eigenvalue weighted by Crippen LogP contribution is -2.56. The highest BCUT2D eigenvalue weighted by Crippen LogP contribution is 2.40. The Kier molecular flexibility index (Phi) is 8.06. The average molecular weight is 486 g/mol. The third-order valence-electron chi connectivity index (χ3n) is 6.24. The standard InChI is InChI=1S/C27H26ClF2NO3/c28-22-11-9-21(10-12-22)27(34-18-20-5-2-1-3-6-20)13-14-31(15-16-32)17-26(27)33-19-23-24(29)7-4-8-25(23)30/h1-12,16,26H,13-15,17-19H2/t26-,27+/m0/s1. The van der Waals surface area contributed by atoms with E-state index < -0.39 is 23.3 Å². The van der Waals surface area contributed by atoms with E-state index in [2.05, 4.69) is 0 Å². The fourth-order valence-corrected chi connectivity index (χ4v) is 4.49. The van der Waals surface area contributed by atoms with Crippen LogP contribution in [0.2, 0.25) is 5.02 Å². The normalized spacial score (nSPS) is 20.9. The van der Waals surface area contributed by atoms with Crippen LogP contribution in [0.4, 0.5) is 8.78 Å². The molecule has 4 nitrogen and oxygen atoms in total. The maximum Gasteiger partial charge on any atom is 0.133 e. The zero-order valence-corrected chi connectivity index (χ0v) is 19.4. The van der Waals surface area contributed by atoms with E-state index in [1.807, 2.05) is 47.4 Å². The predicted octanol–water partition coefficient (Wildman–Crippen LogP) is 5.52. The Labute approximate surface area is 203 Å². The van der Waals surface area contributed by atoms with Gasteiger partial charge >= 0.3 is 0 Å². The van der Waals surface area contributed by atoms with Gasteiger partial charge in [-0.05, 0) is 41.8 Å². The number of aldehydes is 1. The van der Waals surface area contributed by atoms with Crippen LogP contribution in [0.5, 0.6) is 0 Å². The highest BCUT2D eigenvalue weighted by atomic mass is 35.5. The fraction of sp³-hybridized carbons (Fsp3) is 0.296. The molecule has 1 heterocycles. The molecule has 3 aromatic rings. The van der Waals surface area contributed by atoms with E-state index in [9.17, 15) is 13.6 Å². The van der Waals surface area contributed by atoms with E-state index in [0.717, 1.165) is 17.4 Å². The molecule has 0 unspecified atom stereocenters. The summed E-state index contributed by atoms with van der Waals surface area (Å²) in [5, 5.41) is 0.589. The molecule has 0 N–H and O–H groups in total. The molecule has 2 atom stereocenters. The van der Waals surface area contributed by atoms with E-state index in [1.54, 1.807) is 12.1 Å². The lowest BCUT2D eigenvalue weighted by atomic mass is 9.81. The predicted molar refractivity (Wildman–Crippen MR) is 126 cm³/mol. The Balaban J connectivity index is 1.68. The van der Waals surface area contributed by atoms with E-state index in [1.165, 1.54) is 18.2 Å². The van der Waals surface area contributed by atoms with E-state index in [4.69, 9.17) is 21.1 Å². The molecule has 4 rings (SSSR count). The van der Waals surface area contributed by atoms with Crippen LogP contribution >= 0.6 is 11.6 Å². The summed E-state index contributed by atoms with van der Waals surface area (Å²) >= 11 is 6.14. The van der Waals surface area contributed by atoms with Crippen LogP contribution in [-0.2, 0) is 33.1 Å². The van der Waals surface area contributed by atoms with Crippen molar-refractivity contribution in [3.05, 3.63) is 106 Å². The Morgan fingerprint density at radius 1 is 0.971 bits per heavy atom. The molecule has 0 spiro atoms. The van der Waals surface area contributed by atoms with Gasteiger partial charge in [-0.15, -0.1) is 0 Å². The second-order valence-electron chi connectivity index (χ2n) is 8.35. The summed E-state index contributed by atoms with van der Waals surface area (Å²) in [7, 11) is 0. The molecule has 1 fully saturated rings. The minimum atomic E-state index is -0.901. The number of halogens is 3. The Morgan fingerprint density at radius 2 is 1.68 bits per heavy atom. The van der Waals surface area contributed by atoms with Crippen molar-refractivity contribution >= 4 is 17.9 Å². The van der Waals surface area contributed by atoms with Gasteiger partial charge in [0.1, 0.15) is 29.6 Å². The van der Waals surface area contributed by atoms with Crippen molar-refractivity contribution in [2.45, 2.75) is 31.3 Å². The minimum Gasteiger partial charge on any atom is -0.369 e. The van der Waals surface area contributed by atoms with Crippen molar-refractivity contribution < 1.29 is 23.0 Å². The molecule has 1 saturated heterocycles. The van der Waals surface area contributed by atoms with Gasteiger partial charge in [0.05, 0.1) is 19.8 Å². The smallest absolute Gasteiger partial charge is 0.133 e. The van der Waals surface area contributed by atoms with E-state index >= 15 is 0 Å². The number of hydrogen-bond donors (Lipinski definition) is 0. The van der Waals surface area contributed by atoms with Gasteiger partial charge < -0.3 is 14.3 Å². The first-order valence-electron chi connectivity index (χ1n) is 11.2. The zero-order valence-electron chi connectivity index (χ0n) is 18.6. The van der Waals surface area contributed by atoms with Crippen LogP contribution in [0.1, 0.15) is 23.1 Å². The Bertz CT molecular complexity index is 1080. The Morgan fingerprint density at radius 3 is 2.35 bits per heavy atom. The Hall–Kier alpha value is -2.64. The van der Waals surface area contributed by atoms with Crippen molar-refractivity contribution in [2.24, 2.45) is 0 Å². The average Bonchev–Trinajstić information content (AvgIpc) is 2.85. The molecular formula is C27H26ClF2NO3. The molecular weight excluding hydrogens is 460 g/mol. The molecule has 34 heavy (non-hydrogen) atoms. The molecule has 0 aromatic heterocycles. The van der Waals surface area contributed by atoms with Crippen molar-refractivity contribution in [2.75, 3.05) is 19.6 Å². The highest BCUT2D eigenvalue weighted by Gasteiger charge is 2.46. The van der Waals surface area contributed by atoms with Gasteiger partial charge in [-0.25, -0.2) is 8.78 Å². The van der Waals surface area contributed by atoms with Crippen molar-refractivity contribution in [3.8, 4) is 0 Å². The maximum absolute atomic E-state index is 14.3.